The van der Waals surface area contributed by atoms with Crippen molar-refractivity contribution in [3.05, 3.63) is 12.7 Å². The summed E-state index contributed by atoms with van der Waals surface area (Å²) >= 11 is 0. The highest BCUT2D eigenvalue weighted by Crippen LogP contribution is 2.04. The van der Waals surface area contributed by atoms with E-state index in [0.29, 0.717) is 12.8 Å². The van der Waals surface area contributed by atoms with Crippen LogP contribution in [0.3, 0.4) is 0 Å². The van der Waals surface area contributed by atoms with Crippen molar-refractivity contribution in [1.29, 1.82) is 0 Å². The van der Waals surface area contributed by atoms with Gasteiger partial charge in [0.25, 0.3) is 0 Å². The lowest BCUT2D eigenvalue weighted by Gasteiger charge is -2.11. The van der Waals surface area contributed by atoms with Crippen LogP contribution in [0.5, 0.6) is 0 Å². The van der Waals surface area contributed by atoms with Gasteiger partial charge < -0.3 is 4.74 Å². The molecule has 3 heteroatoms. The summed E-state index contributed by atoms with van der Waals surface area (Å²) in [4.78, 5) is 21.4. The van der Waals surface area contributed by atoms with Gasteiger partial charge in [0.15, 0.2) is 11.9 Å². The molecule has 0 N–H and O–H groups in total. The Morgan fingerprint density at radius 1 is 1.50 bits per heavy atom. The molecule has 0 fully saturated rings. The smallest absolute Gasteiger partial charge is 0.303 e. The Bertz CT molecular complexity index is 184. The van der Waals surface area contributed by atoms with E-state index in [1.165, 1.54) is 13.8 Å². The van der Waals surface area contributed by atoms with E-state index in [1.807, 2.05) is 0 Å². The molecule has 68 valence electrons. The van der Waals surface area contributed by atoms with Crippen LogP contribution in [0, 0.1) is 0 Å². The molecule has 0 amide bonds. The second kappa shape index (κ2) is 5.52. The Hall–Kier alpha value is -1.12. The third kappa shape index (κ3) is 4.66. The molecule has 0 saturated heterocycles. The van der Waals surface area contributed by atoms with Gasteiger partial charge >= 0.3 is 5.97 Å². The topological polar surface area (TPSA) is 43.4 Å². The summed E-state index contributed by atoms with van der Waals surface area (Å²) in [6, 6.07) is 0. The number of allylic oxidation sites excluding steroid dienone is 1. The van der Waals surface area contributed by atoms with E-state index in [-0.39, 0.29) is 5.78 Å². The summed E-state index contributed by atoms with van der Waals surface area (Å²) in [5.74, 6) is -0.536. The third-order valence-electron chi connectivity index (χ3n) is 1.39. The molecule has 0 aliphatic rings. The summed E-state index contributed by atoms with van der Waals surface area (Å²) in [6.45, 7) is 6.23. The first-order valence-corrected chi connectivity index (χ1v) is 3.86. The van der Waals surface area contributed by atoms with Crippen LogP contribution in [0.15, 0.2) is 12.7 Å². The number of carbonyl (C=O) groups excluding carboxylic acids is 2. The minimum atomic E-state index is -0.597. The van der Waals surface area contributed by atoms with Gasteiger partial charge in [0.1, 0.15) is 0 Å². The maximum Gasteiger partial charge on any atom is 0.303 e. The van der Waals surface area contributed by atoms with E-state index in [2.05, 4.69) is 6.58 Å². The van der Waals surface area contributed by atoms with Crippen LogP contribution in [0.25, 0.3) is 0 Å². The molecule has 0 aliphatic carbocycles. The standard InChI is InChI=1S/C9H14O3/c1-4-5-6-9(7(2)10)12-8(3)11/h4,9H,1,5-6H2,2-3H3. The van der Waals surface area contributed by atoms with Crippen molar-refractivity contribution in [2.75, 3.05) is 0 Å². The average Bonchev–Trinajstić information content (AvgIpc) is 1.96. The first kappa shape index (κ1) is 10.9. The Labute approximate surface area is 72.4 Å². The fourth-order valence-corrected chi connectivity index (χ4v) is 0.815. The number of ether oxygens (including phenoxy) is 1. The molecular weight excluding hydrogens is 156 g/mol. The number of hydrogen-bond acceptors (Lipinski definition) is 3. The lowest BCUT2D eigenvalue weighted by molar-refractivity contribution is -0.152. The molecule has 0 rings (SSSR count). The van der Waals surface area contributed by atoms with E-state index in [0.717, 1.165) is 0 Å². The molecule has 0 radical (unpaired) electrons. The van der Waals surface area contributed by atoms with Gasteiger partial charge in [0.2, 0.25) is 0 Å². The summed E-state index contributed by atoms with van der Waals surface area (Å²) in [5, 5.41) is 0. The average molecular weight is 170 g/mol. The summed E-state index contributed by atoms with van der Waals surface area (Å²) in [6.07, 6.45) is 2.30. The van der Waals surface area contributed by atoms with Crippen molar-refractivity contribution >= 4 is 11.8 Å². The molecule has 0 aromatic heterocycles. The van der Waals surface area contributed by atoms with Gasteiger partial charge in [-0.2, -0.15) is 0 Å². The maximum absolute atomic E-state index is 10.9. The van der Waals surface area contributed by atoms with Crippen LogP contribution in [0.2, 0.25) is 0 Å². The van der Waals surface area contributed by atoms with Crippen LogP contribution in [-0.4, -0.2) is 17.9 Å². The zero-order valence-corrected chi connectivity index (χ0v) is 7.50. The van der Waals surface area contributed by atoms with Crippen molar-refractivity contribution in [2.45, 2.75) is 32.8 Å². The molecule has 1 atom stereocenters. The first-order chi connectivity index (χ1) is 5.57. The molecule has 0 aromatic rings. The third-order valence-corrected chi connectivity index (χ3v) is 1.39. The van der Waals surface area contributed by atoms with Crippen LogP contribution in [0.1, 0.15) is 26.7 Å². The Morgan fingerprint density at radius 3 is 2.42 bits per heavy atom. The van der Waals surface area contributed by atoms with Gasteiger partial charge in [0, 0.05) is 6.92 Å². The number of hydrogen-bond donors (Lipinski definition) is 0. The Morgan fingerprint density at radius 2 is 2.08 bits per heavy atom. The molecular formula is C9H14O3. The number of carbonyl (C=O) groups is 2. The first-order valence-electron chi connectivity index (χ1n) is 3.86. The van der Waals surface area contributed by atoms with Gasteiger partial charge in [-0.25, -0.2) is 0 Å². The Kier molecular flexibility index (Phi) is 5.00. The van der Waals surface area contributed by atoms with Crippen molar-refractivity contribution < 1.29 is 14.3 Å². The highest BCUT2D eigenvalue weighted by molar-refractivity contribution is 5.82. The minimum absolute atomic E-state index is 0.118. The SMILES string of the molecule is C=CCCC(OC(C)=O)C(C)=O. The molecule has 0 heterocycles. The predicted octanol–water partition coefficient (Wildman–Crippen LogP) is 1.47. The lowest BCUT2D eigenvalue weighted by Crippen LogP contribution is -2.23. The fourth-order valence-electron chi connectivity index (χ4n) is 0.815. The van der Waals surface area contributed by atoms with Crippen molar-refractivity contribution in [3.63, 3.8) is 0 Å². The number of ketones is 1. The zero-order chi connectivity index (χ0) is 9.56. The minimum Gasteiger partial charge on any atom is -0.455 e. The monoisotopic (exact) mass is 170 g/mol. The zero-order valence-electron chi connectivity index (χ0n) is 7.50. The number of esters is 1. The molecule has 0 bridgehead atoms. The summed E-state index contributed by atoms with van der Waals surface area (Å²) < 4.78 is 4.78. The van der Waals surface area contributed by atoms with Gasteiger partial charge in [-0.15, -0.1) is 6.58 Å². The van der Waals surface area contributed by atoms with Gasteiger partial charge in [-0.1, -0.05) is 6.08 Å². The Balaban J connectivity index is 3.94. The van der Waals surface area contributed by atoms with Crippen LogP contribution in [-0.2, 0) is 14.3 Å². The van der Waals surface area contributed by atoms with E-state index >= 15 is 0 Å². The van der Waals surface area contributed by atoms with Crippen molar-refractivity contribution in [3.8, 4) is 0 Å². The predicted molar refractivity (Wildman–Crippen MR) is 45.7 cm³/mol. The molecule has 0 saturated carbocycles. The van der Waals surface area contributed by atoms with Crippen LogP contribution >= 0.6 is 0 Å². The van der Waals surface area contributed by atoms with Gasteiger partial charge in [0.05, 0.1) is 0 Å². The van der Waals surface area contributed by atoms with Crippen molar-refractivity contribution in [2.24, 2.45) is 0 Å². The van der Waals surface area contributed by atoms with Crippen molar-refractivity contribution in [1.82, 2.24) is 0 Å². The summed E-state index contributed by atoms with van der Waals surface area (Å²) in [7, 11) is 0. The number of rotatable bonds is 5. The largest absolute Gasteiger partial charge is 0.455 e. The highest BCUT2D eigenvalue weighted by Gasteiger charge is 2.15. The van der Waals surface area contributed by atoms with E-state index in [4.69, 9.17) is 4.74 Å². The van der Waals surface area contributed by atoms with Crippen LogP contribution in [0.4, 0.5) is 0 Å². The van der Waals surface area contributed by atoms with Gasteiger partial charge in [-0.05, 0) is 19.8 Å². The van der Waals surface area contributed by atoms with Gasteiger partial charge in [-0.3, -0.25) is 9.59 Å². The maximum atomic E-state index is 10.9. The molecule has 1 unspecified atom stereocenters. The fraction of sp³-hybridized carbons (Fsp3) is 0.556. The lowest BCUT2D eigenvalue weighted by atomic mass is 10.1. The molecule has 0 aliphatic heterocycles. The van der Waals surface area contributed by atoms with E-state index in [9.17, 15) is 9.59 Å². The molecule has 3 nitrogen and oxygen atoms in total. The molecule has 0 spiro atoms. The second-order valence-corrected chi connectivity index (χ2v) is 2.57. The van der Waals surface area contributed by atoms with E-state index in [1.54, 1.807) is 6.08 Å². The second-order valence-electron chi connectivity index (χ2n) is 2.57. The van der Waals surface area contributed by atoms with E-state index < -0.39 is 12.1 Å². The molecule has 12 heavy (non-hydrogen) atoms. The highest BCUT2D eigenvalue weighted by atomic mass is 16.5. The normalized spacial score (nSPS) is 11.8. The summed E-state index contributed by atoms with van der Waals surface area (Å²) in [5.41, 5.74) is 0. The van der Waals surface area contributed by atoms with Crippen LogP contribution < -0.4 is 0 Å². The number of Topliss-reactive ketones (excluding diaryl/α,β-unsaturated/α-hetero) is 1. The quantitative estimate of drug-likeness (QED) is 0.463. The molecule has 0 aromatic carbocycles.